The minimum absolute atomic E-state index is 0.0283. The van der Waals surface area contributed by atoms with Gasteiger partial charge in [-0.05, 0) is 25.0 Å². The van der Waals surface area contributed by atoms with Gasteiger partial charge in [-0.2, -0.15) is 0 Å². The first kappa shape index (κ1) is 20.4. The molecule has 4 rings (SSSR count). The van der Waals surface area contributed by atoms with Crippen LogP contribution in [0.4, 0.5) is 5.00 Å². The van der Waals surface area contributed by atoms with E-state index in [1.54, 1.807) is 19.1 Å². The lowest BCUT2D eigenvalue weighted by molar-refractivity contribution is -0.131. The topological polar surface area (TPSA) is 70.2 Å². The number of methoxy groups -OCH3 is 1. The highest BCUT2D eigenvalue weighted by molar-refractivity contribution is 7.17. The van der Waals surface area contributed by atoms with Crippen LogP contribution in [0.3, 0.4) is 0 Å². The average Bonchev–Trinajstić information content (AvgIpc) is 3.08. The molecule has 158 valence electrons. The molecule has 3 heterocycles. The van der Waals surface area contributed by atoms with Crippen LogP contribution in [-0.2, 0) is 29.0 Å². The third kappa shape index (κ3) is 3.45. The van der Waals surface area contributed by atoms with Gasteiger partial charge in [-0.25, -0.2) is 0 Å². The summed E-state index contributed by atoms with van der Waals surface area (Å²) in [6, 6.07) is 7.53. The summed E-state index contributed by atoms with van der Waals surface area (Å²) in [5.74, 6) is 0.549. The van der Waals surface area contributed by atoms with Crippen LogP contribution in [0.25, 0.3) is 0 Å². The van der Waals surface area contributed by atoms with Gasteiger partial charge in [0.1, 0.15) is 17.3 Å². The molecular weight excluding hydrogens is 402 g/mol. The number of rotatable bonds is 4. The number of carbonyl (C=O) groups is 3. The minimum atomic E-state index is -0.111. The Morgan fingerprint density at radius 1 is 1.20 bits per heavy atom. The predicted molar refractivity (Wildman–Crippen MR) is 115 cm³/mol. The fourth-order valence-electron chi connectivity index (χ4n) is 4.12. The average molecular weight is 428 g/mol. The number of carbonyl (C=O) groups excluding carboxylic acids is 3. The summed E-state index contributed by atoms with van der Waals surface area (Å²) in [4.78, 5) is 44.5. The van der Waals surface area contributed by atoms with Gasteiger partial charge < -0.3 is 19.4 Å². The van der Waals surface area contributed by atoms with Gasteiger partial charge in [0.2, 0.25) is 11.8 Å². The zero-order valence-corrected chi connectivity index (χ0v) is 18.3. The molecule has 0 N–H and O–H groups in total. The van der Waals surface area contributed by atoms with Crippen LogP contribution in [0.5, 0.6) is 5.75 Å². The summed E-state index contributed by atoms with van der Waals surface area (Å²) in [6.07, 6.45) is 0.885. The molecule has 0 aliphatic carbocycles. The lowest BCUT2D eigenvalue weighted by atomic mass is 10.0. The second-order valence-electron chi connectivity index (χ2n) is 7.54. The number of benzene rings is 1. The highest BCUT2D eigenvalue weighted by Gasteiger charge is 2.36. The van der Waals surface area contributed by atoms with E-state index >= 15 is 0 Å². The first-order valence-electron chi connectivity index (χ1n) is 10.0. The third-order valence-electron chi connectivity index (χ3n) is 5.72. The third-order valence-corrected chi connectivity index (χ3v) is 6.96. The zero-order valence-electron chi connectivity index (χ0n) is 17.4. The molecule has 2 aromatic rings. The molecule has 1 aromatic carbocycles. The van der Waals surface area contributed by atoms with Crippen LogP contribution < -0.4 is 9.64 Å². The van der Waals surface area contributed by atoms with Crippen molar-refractivity contribution in [1.82, 2.24) is 9.80 Å². The van der Waals surface area contributed by atoms with E-state index < -0.39 is 0 Å². The van der Waals surface area contributed by atoms with Gasteiger partial charge in [0.05, 0.1) is 25.6 Å². The quantitative estimate of drug-likeness (QED) is 0.751. The highest BCUT2D eigenvalue weighted by Crippen LogP contribution is 2.41. The van der Waals surface area contributed by atoms with Crippen molar-refractivity contribution in [3.63, 3.8) is 0 Å². The second-order valence-corrected chi connectivity index (χ2v) is 8.62. The number of nitrogens with zero attached hydrogens (tertiary/aromatic N) is 3. The summed E-state index contributed by atoms with van der Waals surface area (Å²) < 4.78 is 5.36. The van der Waals surface area contributed by atoms with E-state index in [9.17, 15) is 14.4 Å². The largest absolute Gasteiger partial charge is 0.496 e. The molecule has 7 nitrogen and oxygen atoms in total. The fraction of sp³-hybridized carbons (Fsp3) is 0.409. The molecule has 0 saturated carbocycles. The first-order valence-corrected chi connectivity index (χ1v) is 10.9. The Kier molecular flexibility index (Phi) is 5.51. The van der Waals surface area contributed by atoms with Crippen LogP contribution in [0.2, 0.25) is 0 Å². The Bertz CT molecular complexity index is 1020. The van der Waals surface area contributed by atoms with E-state index in [4.69, 9.17) is 4.74 Å². The molecule has 0 fully saturated rings. The first-order chi connectivity index (χ1) is 14.4. The Morgan fingerprint density at radius 2 is 1.97 bits per heavy atom. The second kappa shape index (κ2) is 8.10. The Balaban J connectivity index is 1.61. The van der Waals surface area contributed by atoms with Crippen molar-refractivity contribution in [2.24, 2.45) is 0 Å². The summed E-state index contributed by atoms with van der Waals surface area (Å²) in [6.45, 7) is 3.54. The number of hydrogen-bond acceptors (Lipinski definition) is 5. The van der Waals surface area contributed by atoms with Crippen LogP contribution in [-0.4, -0.2) is 61.3 Å². The summed E-state index contributed by atoms with van der Waals surface area (Å²) in [5.41, 5.74) is 2.49. The molecular formula is C22H25N3O4S. The number of hydrogen-bond donors (Lipinski definition) is 0. The number of ether oxygens (including phenoxy) is 1. The number of para-hydroxylation sites is 1. The van der Waals surface area contributed by atoms with E-state index in [0.717, 1.165) is 21.0 Å². The number of anilines is 1. The van der Waals surface area contributed by atoms with Gasteiger partial charge in [0.25, 0.3) is 5.91 Å². The molecule has 0 radical (unpaired) electrons. The molecule has 2 aliphatic heterocycles. The molecule has 0 atom stereocenters. The van der Waals surface area contributed by atoms with Crippen LogP contribution in [0.1, 0.15) is 33.3 Å². The molecule has 0 saturated heterocycles. The van der Waals surface area contributed by atoms with Gasteiger partial charge in [-0.3, -0.25) is 14.4 Å². The lowest BCUT2D eigenvalue weighted by Gasteiger charge is -2.28. The normalized spacial score (nSPS) is 16.3. The van der Waals surface area contributed by atoms with Gasteiger partial charge in [0.15, 0.2) is 0 Å². The van der Waals surface area contributed by atoms with Crippen molar-refractivity contribution < 1.29 is 19.1 Å². The van der Waals surface area contributed by atoms with Crippen molar-refractivity contribution in [3.8, 4) is 5.75 Å². The van der Waals surface area contributed by atoms with E-state index in [2.05, 4.69) is 0 Å². The fourth-order valence-corrected chi connectivity index (χ4v) is 5.56. The molecule has 8 heteroatoms. The van der Waals surface area contributed by atoms with Crippen molar-refractivity contribution in [1.29, 1.82) is 0 Å². The number of likely N-dealkylation sites (N-methyl/N-ethyl adjacent to an activating group) is 2. The van der Waals surface area contributed by atoms with Gasteiger partial charge >= 0.3 is 0 Å². The van der Waals surface area contributed by atoms with E-state index in [1.165, 1.54) is 16.2 Å². The Hall–Kier alpha value is -2.87. The zero-order chi connectivity index (χ0) is 21.4. The van der Waals surface area contributed by atoms with E-state index in [-0.39, 0.29) is 30.7 Å². The highest BCUT2D eigenvalue weighted by atomic mass is 32.1. The maximum Gasteiger partial charge on any atom is 0.257 e. The predicted octanol–water partition coefficient (Wildman–Crippen LogP) is 2.32. The maximum atomic E-state index is 13.0. The molecule has 2 aliphatic rings. The SMILES string of the molecule is CCN1C(=O)CN(C)C(=O)c2c1sc1c2CCN(C(=O)Cc2ccccc2OC)C1. The minimum Gasteiger partial charge on any atom is -0.496 e. The van der Waals surface area contributed by atoms with Crippen molar-refractivity contribution >= 4 is 34.1 Å². The summed E-state index contributed by atoms with van der Waals surface area (Å²) >= 11 is 1.47. The monoisotopic (exact) mass is 427 g/mol. The van der Waals surface area contributed by atoms with E-state index in [0.29, 0.717) is 37.4 Å². The number of thiophene rings is 1. The van der Waals surface area contributed by atoms with E-state index in [1.807, 2.05) is 36.1 Å². The number of fused-ring (bicyclic) bond motifs is 3. The van der Waals surface area contributed by atoms with Gasteiger partial charge in [0, 0.05) is 30.6 Å². The number of amides is 3. The van der Waals surface area contributed by atoms with Gasteiger partial charge in [-0.15, -0.1) is 11.3 Å². The summed E-state index contributed by atoms with van der Waals surface area (Å²) in [5, 5.41) is 0.723. The molecule has 0 bridgehead atoms. The Morgan fingerprint density at radius 3 is 2.70 bits per heavy atom. The van der Waals surface area contributed by atoms with Crippen molar-refractivity contribution in [2.45, 2.75) is 26.3 Å². The standard InChI is InChI=1S/C22H25N3O4S/c1-4-25-19(27)13-23(2)21(28)20-15-9-10-24(12-17(15)30-22(20)25)18(26)11-14-7-5-6-8-16(14)29-3/h5-8H,4,9-13H2,1-3H3. The molecule has 1 aromatic heterocycles. The van der Waals surface area contributed by atoms with Crippen LogP contribution in [0, 0.1) is 0 Å². The Labute approximate surface area is 179 Å². The van der Waals surface area contributed by atoms with Crippen LogP contribution in [0.15, 0.2) is 24.3 Å². The van der Waals surface area contributed by atoms with Crippen molar-refractivity contribution in [3.05, 3.63) is 45.8 Å². The lowest BCUT2D eigenvalue weighted by Crippen LogP contribution is -2.38. The van der Waals surface area contributed by atoms with Crippen molar-refractivity contribution in [2.75, 3.05) is 38.7 Å². The van der Waals surface area contributed by atoms with Gasteiger partial charge in [-0.1, -0.05) is 18.2 Å². The smallest absolute Gasteiger partial charge is 0.257 e. The molecule has 0 unspecified atom stereocenters. The summed E-state index contributed by atoms with van der Waals surface area (Å²) in [7, 11) is 3.27. The molecule has 30 heavy (non-hydrogen) atoms. The molecule has 0 spiro atoms. The molecule has 3 amide bonds. The van der Waals surface area contributed by atoms with Crippen LogP contribution >= 0.6 is 11.3 Å². The maximum absolute atomic E-state index is 13.0.